The normalized spacial score (nSPS) is 17.8. The Morgan fingerprint density at radius 1 is 1.04 bits per heavy atom. The first-order valence-electron chi connectivity index (χ1n) is 8.85. The number of aromatic amines is 1. The van der Waals surface area contributed by atoms with Crippen LogP contribution in [0.25, 0.3) is 10.9 Å². The maximum absolute atomic E-state index is 10.1. The van der Waals surface area contributed by atoms with Crippen LogP contribution in [0.3, 0.4) is 0 Å². The first-order valence-corrected chi connectivity index (χ1v) is 9.23. The van der Waals surface area contributed by atoms with Crippen LogP contribution < -0.4 is 0 Å². The Hall–Kier alpha value is -1.81. The molecule has 3 aromatic rings. The summed E-state index contributed by atoms with van der Waals surface area (Å²) in [7, 11) is 0. The molecule has 0 spiro atoms. The van der Waals surface area contributed by atoms with E-state index in [9.17, 15) is 5.11 Å². The highest BCUT2D eigenvalue weighted by molar-refractivity contribution is 6.31. The lowest BCUT2D eigenvalue weighted by Gasteiger charge is -2.41. The first-order chi connectivity index (χ1) is 12.2. The summed E-state index contributed by atoms with van der Waals surface area (Å²) in [6.07, 6.45) is 3.97. The lowest BCUT2D eigenvalue weighted by atomic mass is 9.73. The van der Waals surface area contributed by atoms with Crippen LogP contribution in [0.4, 0.5) is 0 Å². The highest BCUT2D eigenvalue weighted by Crippen LogP contribution is 2.39. The summed E-state index contributed by atoms with van der Waals surface area (Å²) in [6.45, 7) is 3.02. The minimum atomic E-state index is -0.213. The Balaban J connectivity index is 1.50. The predicted octanol–water partition coefficient (Wildman–Crippen LogP) is 4.35. The van der Waals surface area contributed by atoms with Crippen molar-refractivity contribution in [2.75, 3.05) is 19.7 Å². The lowest BCUT2D eigenvalue weighted by molar-refractivity contribution is 0.0977. The molecule has 1 aliphatic heterocycles. The fourth-order valence-electron chi connectivity index (χ4n) is 4.05. The number of hydrogen-bond donors (Lipinski definition) is 2. The van der Waals surface area contributed by atoms with Crippen molar-refractivity contribution in [1.29, 1.82) is 0 Å². The second kappa shape index (κ2) is 6.83. The molecule has 0 aliphatic carbocycles. The first kappa shape index (κ1) is 16.6. The second-order valence-corrected chi connectivity index (χ2v) is 7.46. The van der Waals surface area contributed by atoms with Gasteiger partial charge in [0.15, 0.2) is 0 Å². The van der Waals surface area contributed by atoms with Gasteiger partial charge in [0.05, 0.1) is 6.61 Å². The molecule has 0 saturated carbocycles. The van der Waals surface area contributed by atoms with Crippen molar-refractivity contribution in [2.45, 2.75) is 24.8 Å². The largest absolute Gasteiger partial charge is 0.395 e. The van der Waals surface area contributed by atoms with Crippen molar-refractivity contribution in [3.05, 3.63) is 70.9 Å². The van der Waals surface area contributed by atoms with Crippen molar-refractivity contribution in [3.63, 3.8) is 0 Å². The number of nitrogens with one attached hydrogen (secondary N) is 1. The highest BCUT2D eigenvalue weighted by atomic mass is 35.5. The van der Waals surface area contributed by atoms with Crippen LogP contribution in [0.15, 0.2) is 54.7 Å². The van der Waals surface area contributed by atoms with E-state index < -0.39 is 0 Å². The van der Waals surface area contributed by atoms with Gasteiger partial charge in [0.25, 0.3) is 0 Å². The van der Waals surface area contributed by atoms with E-state index in [2.05, 4.69) is 46.4 Å². The van der Waals surface area contributed by atoms with E-state index in [1.807, 2.05) is 18.2 Å². The maximum atomic E-state index is 10.1. The minimum absolute atomic E-state index is 0.150. The van der Waals surface area contributed by atoms with Crippen LogP contribution in [-0.4, -0.2) is 34.7 Å². The molecule has 2 N–H and O–H groups in total. The van der Waals surface area contributed by atoms with Crippen molar-refractivity contribution in [2.24, 2.45) is 0 Å². The van der Waals surface area contributed by atoms with Crippen LogP contribution >= 0.6 is 11.6 Å². The molecule has 1 saturated heterocycles. The summed E-state index contributed by atoms with van der Waals surface area (Å²) in [5, 5.41) is 12.2. The van der Waals surface area contributed by atoms with Gasteiger partial charge < -0.3 is 10.1 Å². The van der Waals surface area contributed by atoms with Gasteiger partial charge in [-0.15, -0.1) is 0 Å². The van der Waals surface area contributed by atoms with E-state index in [-0.39, 0.29) is 12.0 Å². The zero-order valence-electron chi connectivity index (χ0n) is 14.2. The molecule has 0 bridgehead atoms. The van der Waals surface area contributed by atoms with E-state index in [0.717, 1.165) is 43.1 Å². The number of rotatable bonds is 4. The number of H-pyrrole nitrogens is 1. The fraction of sp³-hybridized carbons (Fsp3) is 0.333. The molecule has 25 heavy (non-hydrogen) atoms. The van der Waals surface area contributed by atoms with Crippen LogP contribution in [0, 0.1) is 0 Å². The molecule has 4 rings (SSSR count). The number of para-hydroxylation sites is 1. The summed E-state index contributed by atoms with van der Waals surface area (Å²) < 4.78 is 0. The number of piperidine rings is 1. The molecule has 3 nitrogen and oxygen atoms in total. The van der Waals surface area contributed by atoms with Gasteiger partial charge in [0.1, 0.15) is 0 Å². The molecule has 1 fully saturated rings. The molecule has 2 heterocycles. The molecular weight excluding hydrogens is 332 g/mol. The van der Waals surface area contributed by atoms with Gasteiger partial charge in [-0.1, -0.05) is 48.0 Å². The quantitative estimate of drug-likeness (QED) is 0.731. The van der Waals surface area contributed by atoms with Crippen molar-refractivity contribution in [1.82, 2.24) is 9.88 Å². The van der Waals surface area contributed by atoms with Gasteiger partial charge in [-0.2, -0.15) is 0 Å². The number of likely N-dealkylation sites (tertiary alicyclic amines) is 1. The monoisotopic (exact) mass is 354 g/mol. The van der Waals surface area contributed by atoms with Gasteiger partial charge in [0, 0.05) is 34.1 Å². The molecule has 1 aliphatic rings. The molecular formula is C21H23ClN2O. The fourth-order valence-corrected chi connectivity index (χ4v) is 4.38. The number of hydrogen-bond acceptors (Lipinski definition) is 2. The van der Waals surface area contributed by atoms with Crippen molar-refractivity contribution < 1.29 is 5.11 Å². The molecule has 0 atom stereocenters. The summed E-state index contributed by atoms with van der Waals surface area (Å²) >= 11 is 6.41. The molecule has 1 aromatic heterocycles. The molecule has 130 valence electrons. The SMILES string of the molecule is OCC1(c2ccccc2Cl)CCN(Cc2c[nH]c3ccccc23)CC1. The average molecular weight is 355 g/mol. The zero-order valence-corrected chi connectivity index (χ0v) is 15.0. The standard InChI is InChI=1S/C21H23ClN2O/c22-19-7-3-2-6-18(19)21(15-25)9-11-24(12-10-21)14-16-13-23-20-8-4-1-5-17(16)20/h1-8,13,23,25H,9-12,14-15H2. The molecule has 2 aromatic carbocycles. The van der Waals surface area contributed by atoms with E-state index in [1.54, 1.807) is 0 Å². The number of halogens is 1. The highest BCUT2D eigenvalue weighted by Gasteiger charge is 2.37. The van der Waals surface area contributed by atoms with Crippen LogP contribution in [0.2, 0.25) is 5.02 Å². The van der Waals surface area contributed by atoms with Crippen LogP contribution in [0.5, 0.6) is 0 Å². The van der Waals surface area contributed by atoms with Gasteiger partial charge in [-0.05, 0) is 49.2 Å². The Labute approximate surface area is 153 Å². The van der Waals surface area contributed by atoms with E-state index in [0.29, 0.717) is 0 Å². The Bertz CT molecular complexity index is 865. The summed E-state index contributed by atoms with van der Waals surface area (Å²) in [5.74, 6) is 0. The Morgan fingerprint density at radius 2 is 1.76 bits per heavy atom. The van der Waals surface area contributed by atoms with Crippen molar-refractivity contribution >= 4 is 22.5 Å². The zero-order chi connectivity index (χ0) is 17.3. The third-order valence-electron chi connectivity index (χ3n) is 5.63. The van der Waals surface area contributed by atoms with Crippen molar-refractivity contribution in [3.8, 4) is 0 Å². The van der Waals surface area contributed by atoms with E-state index >= 15 is 0 Å². The Kier molecular flexibility index (Phi) is 4.55. The molecule has 4 heteroatoms. The summed E-state index contributed by atoms with van der Waals surface area (Å²) in [6, 6.07) is 16.4. The number of aliphatic hydroxyl groups excluding tert-OH is 1. The smallest absolute Gasteiger partial charge is 0.0529 e. The van der Waals surface area contributed by atoms with Gasteiger partial charge in [-0.3, -0.25) is 4.90 Å². The number of fused-ring (bicyclic) bond motifs is 1. The second-order valence-electron chi connectivity index (χ2n) is 7.05. The van der Waals surface area contributed by atoms with Gasteiger partial charge in [-0.25, -0.2) is 0 Å². The molecule has 0 unspecified atom stereocenters. The molecule has 0 radical (unpaired) electrons. The minimum Gasteiger partial charge on any atom is -0.395 e. The third-order valence-corrected chi connectivity index (χ3v) is 5.96. The van der Waals surface area contributed by atoms with E-state index in [1.165, 1.54) is 16.5 Å². The van der Waals surface area contributed by atoms with E-state index in [4.69, 9.17) is 11.6 Å². The summed E-state index contributed by atoms with van der Waals surface area (Å²) in [4.78, 5) is 5.83. The maximum Gasteiger partial charge on any atom is 0.0529 e. The number of aromatic nitrogens is 1. The predicted molar refractivity (Wildman–Crippen MR) is 103 cm³/mol. The Morgan fingerprint density at radius 3 is 2.52 bits per heavy atom. The van der Waals surface area contributed by atoms with Crippen LogP contribution in [-0.2, 0) is 12.0 Å². The van der Waals surface area contributed by atoms with Gasteiger partial charge in [0.2, 0.25) is 0 Å². The lowest BCUT2D eigenvalue weighted by Crippen LogP contribution is -2.44. The third kappa shape index (κ3) is 3.08. The van der Waals surface area contributed by atoms with Gasteiger partial charge >= 0.3 is 0 Å². The number of aliphatic hydroxyl groups is 1. The topological polar surface area (TPSA) is 39.3 Å². The van der Waals surface area contributed by atoms with Crippen LogP contribution in [0.1, 0.15) is 24.0 Å². The summed E-state index contributed by atoms with van der Waals surface area (Å²) in [5.41, 5.74) is 3.40. The number of nitrogens with zero attached hydrogens (tertiary/aromatic N) is 1. The average Bonchev–Trinajstić information content (AvgIpc) is 3.06. The molecule has 0 amide bonds. The number of benzene rings is 2.